The molecule has 88 valence electrons. The maximum Gasteiger partial charge on any atom is 0.159 e. The zero-order valence-electron chi connectivity index (χ0n) is 10.3. The van der Waals surface area contributed by atoms with Gasteiger partial charge in [0.25, 0.3) is 0 Å². The molecule has 0 saturated heterocycles. The Labute approximate surface area is 107 Å². The predicted molar refractivity (Wildman–Crippen MR) is 74.6 cm³/mol. The van der Waals surface area contributed by atoms with Crippen LogP contribution in [-0.2, 0) is 6.42 Å². The van der Waals surface area contributed by atoms with Gasteiger partial charge in [-0.1, -0.05) is 42.5 Å². The van der Waals surface area contributed by atoms with Crippen molar-refractivity contribution >= 4 is 11.9 Å². The Kier molecular flexibility index (Phi) is 2.60. The van der Waals surface area contributed by atoms with Crippen molar-refractivity contribution in [2.24, 2.45) is 0 Å². The first-order valence-corrected chi connectivity index (χ1v) is 6.15. The van der Waals surface area contributed by atoms with Crippen molar-refractivity contribution in [2.45, 2.75) is 13.3 Å². The van der Waals surface area contributed by atoms with E-state index < -0.39 is 0 Å². The third kappa shape index (κ3) is 1.88. The third-order valence-corrected chi connectivity index (χ3v) is 3.38. The van der Waals surface area contributed by atoms with Crippen LogP contribution in [0.15, 0.2) is 48.5 Å². The van der Waals surface area contributed by atoms with E-state index in [0.717, 1.165) is 17.5 Å². The predicted octanol–water partition coefficient (Wildman–Crippen LogP) is 4.13. The highest BCUT2D eigenvalue weighted by atomic mass is 16.1. The van der Waals surface area contributed by atoms with Gasteiger partial charge in [-0.25, -0.2) is 0 Å². The molecule has 3 rings (SSSR count). The van der Waals surface area contributed by atoms with Crippen molar-refractivity contribution in [3.8, 4) is 11.1 Å². The minimum atomic E-state index is 0.109. The Balaban J connectivity index is 2.07. The molecule has 0 unspecified atom stereocenters. The summed E-state index contributed by atoms with van der Waals surface area (Å²) in [7, 11) is 0. The molecule has 0 radical (unpaired) electrons. The van der Waals surface area contributed by atoms with Gasteiger partial charge in [-0.05, 0) is 47.7 Å². The van der Waals surface area contributed by atoms with Gasteiger partial charge in [0.15, 0.2) is 5.78 Å². The molecule has 2 aromatic carbocycles. The fraction of sp³-hybridized carbons (Fsp3) is 0.118. The molecular weight excluding hydrogens is 220 g/mol. The van der Waals surface area contributed by atoms with Crippen molar-refractivity contribution in [1.29, 1.82) is 0 Å². The van der Waals surface area contributed by atoms with Gasteiger partial charge in [0.1, 0.15) is 0 Å². The zero-order chi connectivity index (χ0) is 12.5. The fourth-order valence-electron chi connectivity index (χ4n) is 2.35. The molecule has 0 atom stereocenters. The Hall–Kier alpha value is -2.15. The van der Waals surface area contributed by atoms with Crippen molar-refractivity contribution in [3.05, 3.63) is 65.2 Å². The largest absolute Gasteiger partial charge is 0.295 e. The molecular formula is C17H14O. The van der Waals surface area contributed by atoms with E-state index in [0.29, 0.717) is 0 Å². The lowest BCUT2D eigenvalue weighted by atomic mass is 9.98. The molecule has 0 aromatic heterocycles. The summed E-state index contributed by atoms with van der Waals surface area (Å²) in [6.45, 7) is 1.60. The first-order valence-electron chi connectivity index (χ1n) is 6.15. The molecule has 0 saturated carbocycles. The molecule has 0 bridgehead atoms. The van der Waals surface area contributed by atoms with E-state index in [9.17, 15) is 4.79 Å². The van der Waals surface area contributed by atoms with Gasteiger partial charge in [-0.2, -0.15) is 0 Å². The molecule has 0 N–H and O–H groups in total. The summed E-state index contributed by atoms with van der Waals surface area (Å²) in [4.78, 5) is 11.4. The first-order chi connectivity index (χ1) is 8.74. The topological polar surface area (TPSA) is 17.1 Å². The highest BCUT2D eigenvalue weighted by molar-refractivity contribution is 5.95. The summed E-state index contributed by atoms with van der Waals surface area (Å²) >= 11 is 0. The first kappa shape index (κ1) is 11.0. The van der Waals surface area contributed by atoms with Crippen LogP contribution in [-0.4, -0.2) is 5.78 Å². The molecule has 1 aliphatic rings. The highest BCUT2D eigenvalue weighted by Gasteiger charge is 2.07. The third-order valence-electron chi connectivity index (χ3n) is 3.38. The Morgan fingerprint density at radius 1 is 1.06 bits per heavy atom. The molecule has 0 fully saturated rings. The van der Waals surface area contributed by atoms with Crippen LogP contribution in [0.4, 0.5) is 0 Å². The van der Waals surface area contributed by atoms with Gasteiger partial charge in [0.2, 0.25) is 0 Å². The number of hydrogen-bond donors (Lipinski definition) is 0. The second-order valence-electron chi connectivity index (χ2n) is 4.66. The van der Waals surface area contributed by atoms with Crippen LogP contribution in [0.25, 0.3) is 17.2 Å². The van der Waals surface area contributed by atoms with E-state index in [1.54, 1.807) is 6.92 Å². The number of hydrogen-bond acceptors (Lipinski definition) is 1. The SMILES string of the molecule is CC(=O)c1cccc(-c2ccc3c(c2)C=CC3)c1. The smallest absolute Gasteiger partial charge is 0.159 e. The van der Waals surface area contributed by atoms with Crippen LogP contribution >= 0.6 is 0 Å². The second-order valence-corrected chi connectivity index (χ2v) is 4.66. The number of allylic oxidation sites excluding steroid dienone is 1. The molecule has 1 heteroatoms. The van der Waals surface area contributed by atoms with Crippen molar-refractivity contribution in [3.63, 3.8) is 0 Å². The number of carbonyl (C=O) groups excluding carboxylic acids is 1. The maximum absolute atomic E-state index is 11.4. The summed E-state index contributed by atoms with van der Waals surface area (Å²) in [5, 5.41) is 0. The quantitative estimate of drug-likeness (QED) is 0.714. The molecule has 0 spiro atoms. The number of carbonyl (C=O) groups is 1. The van der Waals surface area contributed by atoms with Gasteiger partial charge in [0, 0.05) is 5.56 Å². The number of fused-ring (bicyclic) bond motifs is 1. The van der Waals surface area contributed by atoms with Crippen molar-refractivity contribution in [1.82, 2.24) is 0 Å². The maximum atomic E-state index is 11.4. The van der Waals surface area contributed by atoms with Crippen LogP contribution in [0.5, 0.6) is 0 Å². The average Bonchev–Trinajstić information content (AvgIpc) is 2.86. The fourth-order valence-corrected chi connectivity index (χ4v) is 2.35. The van der Waals surface area contributed by atoms with Crippen LogP contribution in [0.1, 0.15) is 28.4 Å². The minimum Gasteiger partial charge on any atom is -0.295 e. The van der Waals surface area contributed by atoms with Gasteiger partial charge in [-0.3, -0.25) is 4.79 Å². The van der Waals surface area contributed by atoms with E-state index in [4.69, 9.17) is 0 Å². The lowest BCUT2D eigenvalue weighted by molar-refractivity contribution is 0.101. The normalized spacial score (nSPS) is 12.5. The van der Waals surface area contributed by atoms with Crippen molar-refractivity contribution in [2.75, 3.05) is 0 Å². The molecule has 0 aliphatic heterocycles. The van der Waals surface area contributed by atoms with Crippen LogP contribution < -0.4 is 0 Å². The van der Waals surface area contributed by atoms with Crippen LogP contribution in [0, 0.1) is 0 Å². The van der Waals surface area contributed by atoms with E-state index in [1.807, 2.05) is 24.3 Å². The van der Waals surface area contributed by atoms with E-state index in [2.05, 4.69) is 30.4 Å². The van der Waals surface area contributed by atoms with Gasteiger partial charge < -0.3 is 0 Å². The Morgan fingerprint density at radius 2 is 1.89 bits per heavy atom. The van der Waals surface area contributed by atoms with Gasteiger partial charge >= 0.3 is 0 Å². The average molecular weight is 234 g/mol. The molecule has 2 aromatic rings. The molecule has 1 aliphatic carbocycles. The molecule has 0 amide bonds. The Morgan fingerprint density at radius 3 is 2.72 bits per heavy atom. The van der Waals surface area contributed by atoms with E-state index >= 15 is 0 Å². The molecule has 0 heterocycles. The Bertz CT molecular complexity index is 650. The van der Waals surface area contributed by atoms with E-state index in [1.165, 1.54) is 16.7 Å². The van der Waals surface area contributed by atoms with Crippen molar-refractivity contribution < 1.29 is 4.79 Å². The lowest BCUT2D eigenvalue weighted by Crippen LogP contribution is -1.92. The summed E-state index contributed by atoms with van der Waals surface area (Å²) in [5.74, 6) is 0.109. The molecule has 18 heavy (non-hydrogen) atoms. The van der Waals surface area contributed by atoms with Gasteiger partial charge in [0.05, 0.1) is 0 Å². The van der Waals surface area contributed by atoms with Crippen LogP contribution in [0.2, 0.25) is 0 Å². The van der Waals surface area contributed by atoms with Gasteiger partial charge in [-0.15, -0.1) is 0 Å². The highest BCUT2D eigenvalue weighted by Crippen LogP contribution is 2.27. The zero-order valence-corrected chi connectivity index (χ0v) is 10.3. The number of rotatable bonds is 2. The minimum absolute atomic E-state index is 0.109. The number of ketones is 1. The monoisotopic (exact) mass is 234 g/mol. The number of benzene rings is 2. The van der Waals surface area contributed by atoms with E-state index in [-0.39, 0.29) is 5.78 Å². The van der Waals surface area contributed by atoms with Crippen LogP contribution in [0.3, 0.4) is 0 Å². The second kappa shape index (κ2) is 4.26. The molecule has 1 nitrogen and oxygen atoms in total. The summed E-state index contributed by atoms with van der Waals surface area (Å²) in [5.41, 5.74) is 5.71. The number of Topliss-reactive ketones (excluding diaryl/α,β-unsaturated/α-hetero) is 1. The summed E-state index contributed by atoms with van der Waals surface area (Å²) < 4.78 is 0. The lowest BCUT2D eigenvalue weighted by Gasteiger charge is -2.06. The summed E-state index contributed by atoms with van der Waals surface area (Å²) in [6.07, 6.45) is 5.37. The summed E-state index contributed by atoms with van der Waals surface area (Å²) in [6, 6.07) is 14.3. The standard InChI is InChI=1S/C17H14O/c1-12(18)14-5-3-7-16(10-14)17-9-8-13-4-2-6-15(13)11-17/h2-3,5-11H,4H2,1H3.